The van der Waals surface area contributed by atoms with Gasteiger partial charge in [-0.05, 0) is 24.3 Å². The van der Waals surface area contributed by atoms with Gasteiger partial charge in [-0.15, -0.1) is 0 Å². The molecule has 2 rings (SSSR count). The van der Waals surface area contributed by atoms with Crippen molar-refractivity contribution in [3.05, 3.63) is 36.5 Å². The predicted molar refractivity (Wildman–Crippen MR) is 50.8 cm³/mol. The summed E-state index contributed by atoms with van der Waals surface area (Å²) in [4.78, 5) is 4.49. The van der Waals surface area contributed by atoms with Gasteiger partial charge < -0.3 is 4.55 Å². The van der Waals surface area contributed by atoms with E-state index < -0.39 is 11.1 Å². The first-order valence-corrected chi connectivity index (χ1v) is 4.84. The first kappa shape index (κ1) is 8.34. The maximum Gasteiger partial charge on any atom is 0.187 e. The minimum atomic E-state index is -1.94. The molecule has 0 aliphatic rings. The molecule has 4 heteroatoms. The van der Waals surface area contributed by atoms with E-state index in [0.29, 0.717) is 4.90 Å². The SMILES string of the molecule is O=S(O)c1cccc2ncccc12. The Morgan fingerprint density at radius 1 is 1.23 bits per heavy atom. The molecule has 0 bridgehead atoms. The molecule has 2 aromatic rings. The van der Waals surface area contributed by atoms with Crippen LogP contribution in [0.15, 0.2) is 41.4 Å². The van der Waals surface area contributed by atoms with Crippen molar-refractivity contribution in [2.75, 3.05) is 0 Å². The highest BCUT2D eigenvalue weighted by Gasteiger charge is 2.04. The van der Waals surface area contributed by atoms with Crippen LogP contribution in [0.1, 0.15) is 0 Å². The van der Waals surface area contributed by atoms with Crippen LogP contribution in [0.5, 0.6) is 0 Å². The Morgan fingerprint density at radius 2 is 2.08 bits per heavy atom. The lowest BCUT2D eigenvalue weighted by atomic mass is 10.2. The third kappa shape index (κ3) is 1.46. The highest BCUT2D eigenvalue weighted by molar-refractivity contribution is 7.79. The molecule has 0 spiro atoms. The van der Waals surface area contributed by atoms with E-state index >= 15 is 0 Å². The standard InChI is InChI=1S/C9H7NO2S/c11-13(12)9-5-1-4-8-7(9)3-2-6-10-8/h1-6H,(H,11,12). The molecule has 0 fully saturated rings. The van der Waals surface area contributed by atoms with Gasteiger partial charge in [0.1, 0.15) is 0 Å². The van der Waals surface area contributed by atoms with Crippen LogP contribution < -0.4 is 0 Å². The van der Waals surface area contributed by atoms with Crippen molar-refractivity contribution in [3.63, 3.8) is 0 Å². The normalized spacial score (nSPS) is 13.0. The average molecular weight is 193 g/mol. The largest absolute Gasteiger partial charge is 0.302 e. The molecule has 1 heterocycles. The predicted octanol–water partition coefficient (Wildman–Crippen LogP) is 1.82. The molecule has 13 heavy (non-hydrogen) atoms. The summed E-state index contributed by atoms with van der Waals surface area (Å²) in [6.45, 7) is 0. The maximum absolute atomic E-state index is 10.9. The molecule has 1 unspecified atom stereocenters. The summed E-state index contributed by atoms with van der Waals surface area (Å²) in [6, 6.07) is 8.69. The molecule has 0 radical (unpaired) electrons. The summed E-state index contributed by atoms with van der Waals surface area (Å²) >= 11 is -1.94. The van der Waals surface area contributed by atoms with Crippen molar-refractivity contribution in [3.8, 4) is 0 Å². The summed E-state index contributed by atoms with van der Waals surface area (Å²) < 4.78 is 19.9. The van der Waals surface area contributed by atoms with Crippen molar-refractivity contribution < 1.29 is 8.76 Å². The zero-order valence-electron chi connectivity index (χ0n) is 6.68. The molecular weight excluding hydrogens is 186 g/mol. The van der Waals surface area contributed by atoms with Crippen LogP contribution in [0.2, 0.25) is 0 Å². The molecule has 3 nitrogen and oxygen atoms in total. The maximum atomic E-state index is 10.9. The lowest BCUT2D eigenvalue weighted by Crippen LogP contribution is -1.90. The van der Waals surface area contributed by atoms with Crippen LogP contribution in [0.4, 0.5) is 0 Å². The van der Waals surface area contributed by atoms with Crippen molar-refractivity contribution in [1.29, 1.82) is 0 Å². The number of benzene rings is 1. The van der Waals surface area contributed by atoms with Gasteiger partial charge in [0.25, 0.3) is 0 Å². The van der Waals surface area contributed by atoms with Crippen LogP contribution in [-0.4, -0.2) is 13.7 Å². The first-order valence-electron chi connectivity index (χ1n) is 3.73. The lowest BCUT2D eigenvalue weighted by Gasteiger charge is -2.00. The van der Waals surface area contributed by atoms with Crippen LogP contribution in [-0.2, 0) is 11.1 Å². The molecular formula is C9H7NO2S. The number of fused-ring (bicyclic) bond motifs is 1. The van der Waals surface area contributed by atoms with E-state index in [4.69, 9.17) is 4.55 Å². The molecule has 66 valence electrons. The molecule has 1 aromatic heterocycles. The fourth-order valence-electron chi connectivity index (χ4n) is 1.23. The first-order chi connectivity index (χ1) is 6.29. The number of aromatic nitrogens is 1. The van der Waals surface area contributed by atoms with E-state index in [9.17, 15) is 4.21 Å². The monoisotopic (exact) mass is 193 g/mol. The van der Waals surface area contributed by atoms with E-state index in [0.717, 1.165) is 10.9 Å². The minimum absolute atomic E-state index is 0.408. The molecule has 0 saturated heterocycles. The van der Waals surface area contributed by atoms with Crippen LogP contribution in [0, 0.1) is 0 Å². The van der Waals surface area contributed by atoms with Crippen LogP contribution in [0.25, 0.3) is 10.9 Å². The fourth-order valence-corrected chi connectivity index (χ4v) is 1.78. The number of nitrogens with zero attached hydrogens (tertiary/aromatic N) is 1. The van der Waals surface area contributed by atoms with Gasteiger partial charge in [-0.2, -0.15) is 0 Å². The zero-order valence-corrected chi connectivity index (χ0v) is 7.49. The van der Waals surface area contributed by atoms with Crippen molar-refractivity contribution in [2.24, 2.45) is 0 Å². The highest BCUT2D eigenvalue weighted by atomic mass is 32.2. The van der Waals surface area contributed by atoms with Crippen LogP contribution >= 0.6 is 0 Å². The fraction of sp³-hybridized carbons (Fsp3) is 0. The number of hydrogen-bond acceptors (Lipinski definition) is 2. The Morgan fingerprint density at radius 3 is 2.85 bits per heavy atom. The topological polar surface area (TPSA) is 50.2 Å². The summed E-state index contributed by atoms with van der Waals surface area (Å²) in [5.41, 5.74) is 0.738. The van der Waals surface area contributed by atoms with E-state index in [2.05, 4.69) is 4.98 Å². The Balaban J connectivity index is 2.83. The smallest absolute Gasteiger partial charge is 0.187 e. The molecule has 1 N–H and O–H groups in total. The highest BCUT2D eigenvalue weighted by Crippen LogP contribution is 2.18. The quantitative estimate of drug-likeness (QED) is 0.703. The number of rotatable bonds is 1. The molecule has 0 aliphatic carbocycles. The van der Waals surface area contributed by atoms with Gasteiger partial charge in [0.2, 0.25) is 0 Å². The molecule has 1 atom stereocenters. The molecule has 0 saturated carbocycles. The summed E-state index contributed by atoms with van der Waals surface area (Å²) in [5.74, 6) is 0. The second-order valence-corrected chi connectivity index (χ2v) is 3.51. The average Bonchev–Trinajstić information content (AvgIpc) is 2.17. The molecule has 1 aromatic carbocycles. The summed E-state index contributed by atoms with van der Waals surface area (Å²) in [5, 5.41) is 0.728. The van der Waals surface area contributed by atoms with E-state index in [1.165, 1.54) is 0 Å². The Kier molecular flexibility index (Phi) is 2.08. The van der Waals surface area contributed by atoms with Gasteiger partial charge >= 0.3 is 0 Å². The van der Waals surface area contributed by atoms with Crippen molar-refractivity contribution >= 4 is 22.0 Å². The van der Waals surface area contributed by atoms with Gasteiger partial charge in [-0.1, -0.05) is 6.07 Å². The third-order valence-corrected chi connectivity index (χ3v) is 2.53. The van der Waals surface area contributed by atoms with E-state index in [1.54, 1.807) is 30.5 Å². The van der Waals surface area contributed by atoms with E-state index in [1.807, 2.05) is 6.07 Å². The van der Waals surface area contributed by atoms with Gasteiger partial charge in [-0.25, -0.2) is 4.21 Å². The summed E-state index contributed by atoms with van der Waals surface area (Å²) in [6.07, 6.45) is 1.66. The second-order valence-electron chi connectivity index (χ2n) is 2.58. The summed E-state index contributed by atoms with van der Waals surface area (Å²) in [7, 11) is 0. The van der Waals surface area contributed by atoms with Gasteiger partial charge in [0.05, 0.1) is 10.4 Å². The second kappa shape index (κ2) is 3.24. The van der Waals surface area contributed by atoms with Crippen molar-refractivity contribution in [1.82, 2.24) is 4.98 Å². The van der Waals surface area contributed by atoms with Gasteiger partial charge in [-0.3, -0.25) is 4.98 Å². The number of pyridine rings is 1. The zero-order chi connectivity index (χ0) is 9.26. The lowest BCUT2D eigenvalue weighted by molar-refractivity contribution is 0.565. The van der Waals surface area contributed by atoms with Gasteiger partial charge in [0.15, 0.2) is 11.1 Å². The molecule has 0 amide bonds. The van der Waals surface area contributed by atoms with Gasteiger partial charge in [0, 0.05) is 11.6 Å². The Labute approximate surface area is 77.7 Å². The Hall–Kier alpha value is -1.26. The Bertz CT molecular complexity index is 465. The number of hydrogen-bond donors (Lipinski definition) is 1. The van der Waals surface area contributed by atoms with Crippen LogP contribution in [0.3, 0.4) is 0 Å². The molecule has 0 aliphatic heterocycles. The van der Waals surface area contributed by atoms with Crippen molar-refractivity contribution in [2.45, 2.75) is 4.90 Å². The minimum Gasteiger partial charge on any atom is -0.302 e. The third-order valence-electron chi connectivity index (χ3n) is 1.79. The van der Waals surface area contributed by atoms with E-state index in [-0.39, 0.29) is 0 Å².